The van der Waals surface area contributed by atoms with E-state index in [0.29, 0.717) is 6.54 Å². The molecule has 0 bridgehead atoms. The SMILES string of the molecule is O[C@@H]1CCN(c2cc(-c3ccccc3)nc3ccnn23)C1.O[C@@H]1CCNC1. The molecule has 0 saturated carbocycles. The van der Waals surface area contributed by atoms with Gasteiger partial charge < -0.3 is 20.4 Å². The number of benzene rings is 1. The molecule has 2 aliphatic heterocycles. The van der Waals surface area contributed by atoms with Crippen LogP contribution in [0.25, 0.3) is 16.9 Å². The molecule has 0 amide bonds. The van der Waals surface area contributed by atoms with Crippen LogP contribution >= 0.6 is 0 Å². The van der Waals surface area contributed by atoms with Crippen molar-refractivity contribution in [1.29, 1.82) is 0 Å². The molecule has 27 heavy (non-hydrogen) atoms. The Bertz CT molecular complexity index is 876. The summed E-state index contributed by atoms with van der Waals surface area (Å²) in [5.41, 5.74) is 2.84. The lowest BCUT2D eigenvalue weighted by molar-refractivity contribution is 0.196. The van der Waals surface area contributed by atoms with Crippen LogP contribution in [0.2, 0.25) is 0 Å². The second-order valence-electron chi connectivity index (χ2n) is 7.00. The second-order valence-corrected chi connectivity index (χ2v) is 7.00. The number of aromatic nitrogens is 3. The molecule has 2 aromatic heterocycles. The quantitative estimate of drug-likeness (QED) is 0.633. The van der Waals surface area contributed by atoms with Crippen molar-refractivity contribution in [2.75, 3.05) is 31.1 Å². The predicted octanol–water partition coefficient (Wildman–Crippen LogP) is 1.31. The van der Waals surface area contributed by atoms with Gasteiger partial charge in [0.25, 0.3) is 0 Å². The van der Waals surface area contributed by atoms with E-state index < -0.39 is 0 Å². The van der Waals surface area contributed by atoms with Gasteiger partial charge in [-0.2, -0.15) is 9.61 Å². The number of aliphatic hydroxyl groups excluding tert-OH is 2. The number of fused-ring (bicyclic) bond motifs is 1. The van der Waals surface area contributed by atoms with Crippen molar-refractivity contribution in [2.24, 2.45) is 0 Å². The third-order valence-electron chi connectivity index (χ3n) is 4.93. The molecule has 0 aliphatic carbocycles. The topological polar surface area (TPSA) is 85.9 Å². The summed E-state index contributed by atoms with van der Waals surface area (Å²) in [4.78, 5) is 6.83. The van der Waals surface area contributed by atoms with E-state index in [1.165, 1.54) is 0 Å². The molecule has 7 nitrogen and oxygen atoms in total. The van der Waals surface area contributed by atoms with E-state index in [4.69, 9.17) is 5.11 Å². The molecule has 5 rings (SSSR count). The Balaban J connectivity index is 0.000000257. The van der Waals surface area contributed by atoms with Gasteiger partial charge in [-0.3, -0.25) is 0 Å². The summed E-state index contributed by atoms with van der Waals surface area (Å²) in [6, 6.07) is 14.1. The Morgan fingerprint density at radius 3 is 2.52 bits per heavy atom. The molecule has 4 heterocycles. The number of β-amino-alcohol motifs (C(OH)–C–C–N with tert-alkyl or cyclic N) is 2. The van der Waals surface area contributed by atoms with Gasteiger partial charge in [-0.15, -0.1) is 0 Å². The molecule has 0 unspecified atom stereocenters. The van der Waals surface area contributed by atoms with E-state index in [2.05, 4.69) is 32.4 Å². The minimum absolute atomic E-state index is 0.0648. The molecule has 2 saturated heterocycles. The zero-order valence-electron chi connectivity index (χ0n) is 15.2. The Kier molecular flexibility index (Phi) is 5.33. The van der Waals surface area contributed by atoms with Crippen LogP contribution in [-0.4, -0.2) is 63.2 Å². The summed E-state index contributed by atoms with van der Waals surface area (Å²) in [6.07, 6.45) is 3.16. The van der Waals surface area contributed by atoms with Gasteiger partial charge in [0, 0.05) is 37.3 Å². The second kappa shape index (κ2) is 8.04. The largest absolute Gasteiger partial charge is 0.392 e. The van der Waals surface area contributed by atoms with Crippen LogP contribution in [0.15, 0.2) is 48.7 Å². The van der Waals surface area contributed by atoms with Crippen LogP contribution in [0.3, 0.4) is 0 Å². The van der Waals surface area contributed by atoms with Gasteiger partial charge in [-0.25, -0.2) is 4.98 Å². The monoisotopic (exact) mass is 367 g/mol. The van der Waals surface area contributed by atoms with Gasteiger partial charge >= 0.3 is 0 Å². The van der Waals surface area contributed by atoms with Crippen molar-refractivity contribution < 1.29 is 10.2 Å². The maximum atomic E-state index is 9.78. The van der Waals surface area contributed by atoms with Crippen LogP contribution in [0.4, 0.5) is 5.82 Å². The van der Waals surface area contributed by atoms with Crippen molar-refractivity contribution in [3.63, 3.8) is 0 Å². The number of rotatable bonds is 2. The van der Waals surface area contributed by atoms with Crippen LogP contribution in [0, 0.1) is 0 Å². The van der Waals surface area contributed by atoms with E-state index in [1.54, 1.807) is 6.20 Å². The zero-order chi connectivity index (χ0) is 18.6. The third-order valence-corrected chi connectivity index (χ3v) is 4.93. The number of anilines is 1. The summed E-state index contributed by atoms with van der Waals surface area (Å²) in [6.45, 7) is 3.27. The summed E-state index contributed by atoms with van der Waals surface area (Å²) in [7, 11) is 0. The molecule has 2 atom stereocenters. The lowest BCUT2D eigenvalue weighted by Crippen LogP contribution is -2.24. The van der Waals surface area contributed by atoms with Gasteiger partial charge in [0.1, 0.15) is 5.82 Å². The fraction of sp³-hybridized carbons (Fsp3) is 0.400. The molecular weight excluding hydrogens is 342 g/mol. The molecule has 7 heteroatoms. The van der Waals surface area contributed by atoms with E-state index in [0.717, 1.165) is 55.2 Å². The number of nitrogens with zero attached hydrogens (tertiary/aromatic N) is 4. The minimum atomic E-state index is -0.260. The first kappa shape index (κ1) is 17.9. The minimum Gasteiger partial charge on any atom is -0.392 e. The number of nitrogens with one attached hydrogen (secondary N) is 1. The summed E-state index contributed by atoms with van der Waals surface area (Å²) >= 11 is 0. The molecule has 0 radical (unpaired) electrons. The molecule has 0 spiro atoms. The van der Waals surface area contributed by atoms with Gasteiger partial charge in [0.15, 0.2) is 5.65 Å². The number of hydrogen-bond donors (Lipinski definition) is 3. The molecular formula is C20H25N5O2. The maximum Gasteiger partial charge on any atom is 0.157 e. The Morgan fingerprint density at radius 2 is 1.89 bits per heavy atom. The molecule has 3 aromatic rings. The van der Waals surface area contributed by atoms with Crippen molar-refractivity contribution in [2.45, 2.75) is 25.0 Å². The first-order valence-corrected chi connectivity index (χ1v) is 9.43. The van der Waals surface area contributed by atoms with Gasteiger partial charge in [0.05, 0.1) is 24.1 Å². The van der Waals surface area contributed by atoms with Crippen molar-refractivity contribution in [3.05, 3.63) is 48.7 Å². The smallest absolute Gasteiger partial charge is 0.157 e. The summed E-state index contributed by atoms with van der Waals surface area (Å²) in [5.74, 6) is 0.986. The Morgan fingerprint density at radius 1 is 1.04 bits per heavy atom. The Labute approximate surface area is 158 Å². The van der Waals surface area contributed by atoms with E-state index in [1.807, 2.05) is 34.8 Å². The van der Waals surface area contributed by atoms with Crippen LogP contribution in [-0.2, 0) is 0 Å². The average molecular weight is 367 g/mol. The predicted molar refractivity (Wildman–Crippen MR) is 105 cm³/mol. The Hall–Kier alpha value is -2.48. The fourth-order valence-corrected chi connectivity index (χ4v) is 3.47. The highest BCUT2D eigenvalue weighted by atomic mass is 16.3. The lowest BCUT2D eigenvalue weighted by Gasteiger charge is -2.19. The van der Waals surface area contributed by atoms with Crippen LogP contribution in [0.5, 0.6) is 0 Å². The zero-order valence-corrected chi connectivity index (χ0v) is 15.2. The van der Waals surface area contributed by atoms with E-state index in [9.17, 15) is 5.11 Å². The van der Waals surface area contributed by atoms with Gasteiger partial charge in [0.2, 0.25) is 0 Å². The van der Waals surface area contributed by atoms with Crippen LogP contribution < -0.4 is 10.2 Å². The molecule has 3 N–H and O–H groups in total. The molecule has 2 aliphatic rings. The summed E-state index contributed by atoms with van der Waals surface area (Å²) < 4.78 is 1.84. The highest BCUT2D eigenvalue weighted by Gasteiger charge is 2.23. The first-order valence-electron chi connectivity index (χ1n) is 9.43. The number of aliphatic hydroxyl groups is 2. The normalized spacial score (nSPS) is 22.1. The first-order chi connectivity index (χ1) is 13.2. The van der Waals surface area contributed by atoms with Crippen molar-refractivity contribution >= 4 is 11.5 Å². The van der Waals surface area contributed by atoms with Gasteiger partial charge in [-0.05, 0) is 19.4 Å². The fourth-order valence-electron chi connectivity index (χ4n) is 3.47. The highest BCUT2D eigenvalue weighted by molar-refractivity contribution is 5.67. The molecule has 142 valence electrons. The maximum absolute atomic E-state index is 9.78. The lowest BCUT2D eigenvalue weighted by atomic mass is 10.1. The van der Waals surface area contributed by atoms with E-state index in [-0.39, 0.29) is 12.2 Å². The van der Waals surface area contributed by atoms with Crippen LogP contribution in [0.1, 0.15) is 12.8 Å². The standard InChI is InChI=1S/C16H16N4O.C4H9NO/c21-13-7-9-19(11-13)16-10-14(12-4-2-1-3-5-12)18-15-6-8-17-20(15)16;6-4-1-2-5-3-4/h1-6,8,10,13,21H,7,9,11H2;4-6H,1-3H2/t13-;4-/m11/s1. The highest BCUT2D eigenvalue weighted by Crippen LogP contribution is 2.26. The molecule has 2 fully saturated rings. The van der Waals surface area contributed by atoms with Crippen molar-refractivity contribution in [3.8, 4) is 11.3 Å². The molecule has 1 aromatic carbocycles. The number of hydrogen-bond acceptors (Lipinski definition) is 6. The third kappa shape index (κ3) is 4.10. The summed E-state index contributed by atoms with van der Waals surface area (Å²) in [5, 5.41) is 25.8. The van der Waals surface area contributed by atoms with E-state index >= 15 is 0 Å². The average Bonchev–Trinajstić information content (AvgIpc) is 3.44. The van der Waals surface area contributed by atoms with Crippen molar-refractivity contribution in [1.82, 2.24) is 19.9 Å². The van der Waals surface area contributed by atoms with Gasteiger partial charge in [-0.1, -0.05) is 30.3 Å².